The molecule has 0 fully saturated rings. The molecule has 2 aromatic rings. The number of hydrogen-bond donors (Lipinski definition) is 1. The molecule has 0 aliphatic heterocycles. The van der Waals surface area contributed by atoms with Crippen LogP contribution in [-0.4, -0.2) is 28.1 Å². The summed E-state index contributed by atoms with van der Waals surface area (Å²) >= 11 is 0. The highest BCUT2D eigenvalue weighted by atomic mass is 32.2. The molecule has 0 aliphatic rings. The normalized spacial score (nSPS) is 12.4. The van der Waals surface area contributed by atoms with Gasteiger partial charge in [0.05, 0.1) is 31.1 Å². The van der Waals surface area contributed by atoms with Gasteiger partial charge in [0.25, 0.3) is 0 Å². The van der Waals surface area contributed by atoms with E-state index in [1.807, 2.05) is 12.1 Å². The predicted octanol–water partition coefficient (Wildman–Crippen LogP) is 3.62. The van der Waals surface area contributed by atoms with Crippen molar-refractivity contribution < 1.29 is 22.7 Å². The Morgan fingerprint density at radius 3 is 2.43 bits per heavy atom. The third-order valence-corrected chi connectivity index (χ3v) is 5.73. The molecular weight excluding hydrogens is 378 g/mol. The maximum Gasteiger partial charge on any atom is 0.307 e. The van der Waals surface area contributed by atoms with Crippen LogP contribution < -0.4 is 9.46 Å². The van der Waals surface area contributed by atoms with Crippen LogP contribution in [0.25, 0.3) is 0 Å². The van der Waals surface area contributed by atoms with Gasteiger partial charge in [-0.05, 0) is 48.7 Å². The lowest BCUT2D eigenvalue weighted by atomic mass is 10.0. The zero-order chi connectivity index (χ0) is 20.6. The van der Waals surface area contributed by atoms with E-state index >= 15 is 0 Å². The number of aryl methyl sites for hydroxylation is 1. The molecular formula is C21H27NO5S. The van der Waals surface area contributed by atoms with Gasteiger partial charge in [-0.25, -0.2) is 13.1 Å². The van der Waals surface area contributed by atoms with E-state index in [0.29, 0.717) is 11.3 Å². The predicted molar refractivity (Wildman–Crippen MR) is 108 cm³/mol. The third-order valence-electron chi connectivity index (χ3n) is 4.24. The van der Waals surface area contributed by atoms with E-state index in [4.69, 9.17) is 9.47 Å². The van der Waals surface area contributed by atoms with Crippen LogP contribution in [0.15, 0.2) is 53.4 Å². The maximum atomic E-state index is 12.9. The molecule has 0 saturated heterocycles. The number of benzene rings is 2. The SMILES string of the molecule is CCCc1ccc(S(=O)(=O)NC(CC(=O)OCC)c2cccc(OC)c2)cc1. The highest BCUT2D eigenvalue weighted by molar-refractivity contribution is 7.89. The van der Waals surface area contributed by atoms with Crippen molar-refractivity contribution in [1.29, 1.82) is 0 Å². The molecule has 1 atom stereocenters. The van der Waals surface area contributed by atoms with Gasteiger partial charge in [0.1, 0.15) is 5.75 Å². The lowest BCUT2D eigenvalue weighted by molar-refractivity contribution is -0.143. The number of esters is 1. The van der Waals surface area contributed by atoms with E-state index in [-0.39, 0.29) is 17.9 Å². The molecule has 0 heterocycles. The molecule has 6 nitrogen and oxygen atoms in total. The standard InChI is InChI=1S/C21H27NO5S/c1-4-7-16-10-12-19(13-11-16)28(24,25)22-20(15-21(23)27-5-2)17-8-6-9-18(14-17)26-3/h6,8-14,20,22H,4-5,7,15H2,1-3H3. The average molecular weight is 406 g/mol. The highest BCUT2D eigenvalue weighted by Gasteiger charge is 2.24. The van der Waals surface area contributed by atoms with E-state index in [2.05, 4.69) is 11.6 Å². The summed E-state index contributed by atoms with van der Waals surface area (Å²) in [5.74, 6) is 0.103. The Labute approximate surface area is 166 Å². The van der Waals surface area contributed by atoms with Crippen molar-refractivity contribution in [2.24, 2.45) is 0 Å². The first-order chi connectivity index (χ1) is 13.4. The summed E-state index contributed by atoms with van der Waals surface area (Å²) in [5, 5.41) is 0. The quantitative estimate of drug-likeness (QED) is 0.611. The number of carbonyl (C=O) groups is 1. The zero-order valence-corrected chi connectivity index (χ0v) is 17.3. The van der Waals surface area contributed by atoms with Gasteiger partial charge in [-0.15, -0.1) is 0 Å². The van der Waals surface area contributed by atoms with Gasteiger partial charge in [0.2, 0.25) is 10.0 Å². The molecule has 1 N–H and O–H groups in total. The van der Waals surface area contributed by atoms with E-state index < -0.39 is 22.0 Å². The van der Waals surface area contributed by atoms with Gasteiger partial charge in [-0.1, -0.05) is 37.6 Å². The van der Waals surface area contributed by atoms with Crippen LogP contribution >= 0.6 is 0 Å². The monoisotopic (exact) mass is 405 g/mol. The van der Waals surface area contributed by atoms with Crippen molar-refractivity contribution in [2.45, 2.75) is 44.0 Å². The number of rotatable bonds is 10. The van der Waals surface area contributed by atoms with Gasteiger partial charge >= 0.3 is 5.97 Å². The van der Waals surface area contributed by atoms with Crippen LogP contribution in [0.3, 0.4) is 0 Å². The zero-order valence-electron chi connectivity index (χ0n) is 16.5. The Hall–Kier alpha value is -2.38. The molecule has 0 aromatic heterocycles. The average Bonchev–Trinajstić information content (AvgIpc) is 2.68. The smallest absolute Gasteiger partial charge is 0.307 e. The van der Waals surface area contributed by atoms with Crippen molar-refractivity contribution in [3.05, 3.63) is 59.7 Å². The number of carbonyl (C=O) groups excluding carboxylic acids is 1. The van der Waals surface area contributed by atoms with Crippen molar-refractivity contribution in [3.63, 3.8) is 0 Å². The number of sulfonamides is 1. The lowest BCUT2D eigenvalue weighted by Crippen LogP contribution is -2.30. The minimum atomic E-state index is -3.82. The largest absolute Gasteiger partial charge is 0.497 e. The van der Waals surface area contributed by atoms with Crippen LogP contribution in [0.2, 0.25) is 0 Å². The molecule has 0 amide bonds. The maximum absolute atomic E-state index is 12.9. The Morgan fingerprint density at radius 2 is 1.82 bits per heavy atom. The number of ether oxygens (including phenoxy) is 2. The topological polar surface area (TPSA) is 81.7 Å². The summed E-state index contributed by atoms with van der Waals surface area (Å²) in [5.41, 5.74) is 1.70. The number of nitrogens with one attached hydrogen (secondary N) is 1. The fourth-order valence-electron chi connectivity index (χ4n) is 2.85. The second kappa shape index (κ2) is 10.2. The molecule has 0 spiro atoms. The van der Waals surface area contributed by atoms with Gasteiger partial charge < -0.3 is 9.47 Å². The van der Waals surface area contributed by atoms with Crippen molar-refractivity contribution in [3.8, 4) is 5.75 Å². The van der Waals surface area contributed by atoms with Gasteiger partial charge in [0, 0.05) is 0 Å². The van der Waals surface area contributed by atoms with Crippen LogP contribution in [0.1, 0.15) is 43.9 Å². The molecule has 152 valence electrons. The molecule has 7 heteroatoms. The Morgan fingerprint density at radius 1 is 1.11 bits per heavy atom. The molecule has 0 bridgehead atoms. The minimum Gasteiger partial charge on any atom is -0.497 e. The molecule has 0 saturated carbocycles. The first-order valence-electron chi connectivity index (χ1n) is 9.30. The number of hydrogen-bond acceptors (Lipinski definition) is 5. The van der Waals surface area contributed by atoms with Crippen molar-refractivity contribution in [1.82, 2.24) is 4.72 Å². The fraction of sp³-hybridized carbons (Fsp3) is 0.381. The summed E-state index contributed by atoms with van der Waals surface area (Å²) in [6.45, 7) is 4.01. The Bertz CT molecular complexity index is 878. The van der Waals surface area contributed by atoms with E-state index in [1.165, 1.54) is 7.11 Å². The van der Waals surface area contributed by atoms with E-state index in [9.17, 15) is 13.2 Å². The Kier molecular flexibility index (Phi) is 8.02. The summed E-state index contributed by atoms with van der Waals surface area (Å²) in [7, 11) is -2.29. The summed E-state index contributed by atoms with van der Waals surface area (Å²) in [6.07, 6.45) is 1.76. The lowest BCUT2D eigenvalue weighted by Gasteiger charge is -2.19. The van der Waals surface area contributed by atoms with Gasteiger partial charge in [-0.3, -0.25) is 4.79 Å². The molecule has 0 aliphatic carbocycles. The number of methoxy groups -OCH3 is 1. The minimum absolute atomic E-state index is 0.117. The molecule has 2 rings (SSSR count). The second-order valence-corrected chi connectivity index (χ2v) is 8.07. The molecule has 1 unspecified atom stereocenters. The van der Waals surface area contributed by atoms with E-state index in [0.717, 1.165) is 18.4 Å². The summed E-state index contributed by atoms with van der Waals surface area (Å²) < 4.78 is 38.6. The fourth-order valence-corrected chi connectivity index (χ4v) is 4.08. The van der Waals surface area contributed by atoms with Crippen molar-refractivity contribution in [2.75, 3.05) is 13.7 Å². The van der Waals surface area contributed by atoms with E-state index in [1.54, 1.807) is 43.3 Å². The summed E-state index contributed by atoms with van der Waals surface area (Å²) in [6, 6.07) is 13.0. The molecule has 2 aromatic carbocycles. The van der Waals surface area contributed by atoms with Gasteiger partial charge in [0.15, 0.2) is 0 Å². The Balaban J connectivity index is 2.30. The van der Waals surface area contributed by atoms with Crippen LogP contribution in [0.4, 0.5) is 0 Å². The van der Waals surface area contributed by atoms with Crippen LogP contribution in [0.5, 0.6) is 5.75 Å². The second-order valence-electron chi connectivity index (χ2n) is 6.35. The van der Waals surface area contributed by atoms with Gasteiger partial charge in [-0.2, -0.15) is 0 Å². The van der Waals surface area contributed by atoms with Crippen LogP contribution in [0, 0.1) is 0 Å². The molecule has 0 radical (unpaired) electrons. The first-order valence-corrected chi connectivity index (χ1v) is 10.8. The highest BCUT2D eigenvalue weighted by Crippen LogP contribution is 2.24. The van der Waals surface area contributed by atoms with Crippen molar-refractivity contribution >= 4 is 16.0 Å². The van der Waals surface area contributed by atoms with Crippen LogP contribution in [-0.2, 0) is 26.0 Å². The summed E-state index contributed by atoms with van der Waals surface area (Å²) in [4.78, 5) is 12.2. The first kappa shape index (κ1) is 21.9. The third kappa shape index (κ3) is 6.07. The molecule has 28 heavy (non-hydrogen) atoms.